The summed E-state index contributed by atoms with van der Waals surface area (Å²) < 4.78 is 0. The summed E-state index contributed by atoms with van der Waals surface area (Å²) in [6, 6.07) is 14.4. The van der Waals surface area contributed by atoms with Gasteiger partial charge in [-0.05, 0) is 42.8 Å². The Labute approximate surface area is 177 Å². The van der Waals surface area contributed by atoms with E-state index >= 15 is 0 Å². The lowest BCUT2D eigenvalue weighted by Gasteiger charge is -2.12. The number of terminal acetylenes is 1. The Balaban J connectivity index is 1.93. The lowest BCUT2D eigenvalue weighted by Crippen LogP contribution is -2.41. The van der Waals surface area contributed by atoms with Crippen molar-refractivity contribution < 1.29 is 9.59 Å². The molecule has 2 rings (SSSR count). The minimum Gasteiger partial charge on any atom is -0.357 e. The van der Waals surface area contributed by atoms with Crippen LogP contribution in [-0.2, 0) is 11.3 Å². The second kappa shape index (κ2) is 11.3. The highest BCUT2D eigenvalue weighted by molar-refractivity contribution is 5.95. The first-order valence-electron chi connectivity index (χ1n) is 9.62. The molecular weight excluding hydrogens is 378 g/mol. The van der Waals surface area contributed by atoms with Gasteiger partial charge in [0, 0.05) is 37.5 Å². The molecule has 0 bridgehead atoms. The molecule has 0 atom stereocenters. The van der Waals surface area contributed by atoms with Gasteiger partial charge in [-0.1, -0.05) is 24.1 Å². The average molecular weight is 406 g/mol. The van der Waals surface area contributed by atoms with Gasteiger partial charge in [0.15, 0.2) is 5.96 Å². The first-order valence-corrected chi connectivity index (χ1v) is 9.62. The quantitative estimate of drug-likeness (QED) is 0.374. The molecule has 2 amide bonds. The fraction of sp³-hybridized carbons (Fsp3) is 0.261. The van der Waals surface area contributed by atoms with E-state index in [4.69, 9.17) is 6.42 Å². The smallest absolute Gasteiger partial charge is 0.253 e. The van der Waals surface area contributed by atoms with Crippen LogP contribution < -0.4 is 16.0 Å². The number of carbonyl (C=O) groups is 2. The van der Waals surface area contributed by atoms with Crippen molar-refractivity contribution in [3.05, 3.63) is 65.2 Å². The maximum atomic E-state index is 12.2. The SMILES string of the molecule is C#Cc1cccc(NC(=O)CNC(=NCc2ccc(C(=O)N(C)C)cc2)NCC)c1. The molecule has 2 aromatic rings. The van der Waals surface area contributed by atoms with E-state index in [1.54, 1.807) is 50.5 Å². The van der Waals surface area contributed by atoms with Crippen LogP contribution in [0.4, 0.5) is 5.69 Å². The Kier molecular flexibility index (Phi) is 8.45. The van der Waals surface area contributed by atoms with Crippen molar-refractivity contribution in [1.82, 2.24) is 15.5 Å². The summed E-state index contributed by atoms with van der Waals surface area (Å²) in [5.74, 6) is 2.81. The Bertz CT molecular complexity index is 943. The molecule has 0 aliphatic carbocycles. The van der Waals surface area contributed by atoms with Gasteiger partial charge in [0.1, 0.15) is 0 Å². The van der Waals surface area contributed by atoms with Gasteiger partial charge in [-0.2, -0.15) is 0 Å². The monoisotopic (exact) mass is 405 g/mol. The third kappa shape index (κ3) is 6.99. The number of carbonyl (C=O) groups excluding carboxylic acids is 2. The Morgan fingerprint density at radius 2 is 1.83 bits per heavy atom. The third-order valence-electron chi connectivity index (χ3n) is 4.10. The van der Waals surface area contributed by atoms with Crippen LogP contribution in [0.2, 0.25) is 0 Å². The fourth-order valence-electron chi connectivity index (χ4n) is 2.58. The molecule has 0 unspecified atom stereocenters. The molecule has 0 radical (unpaired) electrons. The molecule has 3 N–H and O–H groups in total. The first kappa shape index (κ1) is 22.5. The molecule has 30 heavy (non-hydrogen) atoms. The van der Waals surface area contributed by atoms with Gasteiger partial charge in [0.25, 0.3) is 5.91 Å². The maximum Gasteiger partial charge on any atom is 0.253 e. The molecule has 7 nitrogen and oxygen atoms in total. The molecule has 0 spiro atoms. The van der Waals surface area contributed by atoms with Crippen molar-refractivity contribution in [2.24, 2.45) is 4.99 Å². The molecule has 0 fully saturated rings. The van der Waals surface area contributed by atoms with Crippen molar-refractivity contribution >= 4 is 23.5 Å². The zero-order valence-electron chi connectivity index (χ0n) is 17.5. The lowest BCUT2D eigenvalue weighted by atomic mass is 10.1. The zero-order valence-corrected chi connectivity index (χ0v) is 17.5. The summed E-state index contributed by atoms with van der Waals surface area (Å²) in [5, 5.41) is 8.91. The zero-order chi connectivity index (χ0) is 21.9. The molecule has 156 valence electrons. The fourth-order valence-corrected chi connectivity index (χ4v) is 2.58. The Morgan fingerprint density at radius 3 is 2.47 bits per heavy atom. The van der Waals surface area contributed by atoms with Crippen molar-refractivity contribution in [2.45, 2.75) is 13.5 Å². The number of hydrogen-bond donors (Lipinski definition) is 3. The van der Waals surface area contributed by atoms with E-state index in [1.165, 1.54) is 4.90 Å². The number of rotatable bonds is 7. The molecule has 0 aromatic heterocycles. The maximum absolute atomic E-state index is 12.2. The van der Waals surface area contributed by atoms with Gasteiger partial charge < -0.3 is 20.9 Å². The van der Waals surface area contributed by atoms with Gasteiger partial charge in [0.2, 0.25) is 5.91 Å². The number of anilines is 1. The summed E-state index contributed by atoms with van der Waals surface area (Å²) in [4.78, 5) is 30.2. The predicted octanol–water partition coefficient (Wildman–Crippen LogP) is 2.06. The van der Waals surface area contributed by atoms with E-state index in [2.05, 4.69) is 26.9 Å². The van der Waals surface area contributed by atoms with Gasteiger partial charge in [-0.25, -0.2) is 4.99 Å². The molecule has 0 saturated heterocycles. The summed E-state index contributed by atoms with van der Waals surface area (Å²) in [6.07, 6.45) is 5.38. The van der Waals surface area contributed by atoms with Crippen LogP contribution in [0.3, 0.4) is 0 Å². The van der Waals surface area contributed by atoms with Crippen molar-refractivity contribution in [3.8, 4) is 12.3 Å². The number of nitrogens with zero attached hydrogens (tertiary/aromatic N) is 2. The molecule has 0 saturated carbocycles. The number of amides is 2. The molecule has 0 aliphatic heterocycles. The van der Waals surface area contributed by atoms with Crippen LogP contribution in [0, 0.1) is 12.3 Å². The standard InChI is InChI=1S/C23H27N5O2/c1-5-17-8-7-9-20(14-17)27-21(29)16-26-23(24-6-2)25-15-18-10-12-19(13-11-18)22(30)28(3)4/h1,7-14H,6,15-16H2,2-4H3,(H,27,29)(H2,24,25,26). The van der Waals surface area contributed by atoms with E-state index in [9.17, 15) is 9.59 Å². The van der Waals surface area contributed by atoms with Gasteiger partial charge in [-0.3, -0.25) is 9.59 Å². The summed E-state index contributed by atoms with van der Waals surface area (Å²) in [5.41, 5.74) is 2.93. The number of guanidine groups is 1. The highest BCUT2D eigenvalue weighted by Crippen LogP contribution is 2.09. The van der Waals surface area contributed by atoms with Crippen LogP contribution in [0.15, 0.2) is 53.5 Å². The van der Waals surface area contributed by atoms with Crippen LogP contribution in [0.25, 0.3) is 0 Å². The number of hydrogen-bond acceptors (Lipinski definition) is 3. The van der Waals surface area contributed by atoms with Gasteiger partial charge in [-0.15, -0.1) is 6.42 Å². The lowest BCUT2D eigenvalue weighted by molar-refractivity contribution is -0.115. The Morgan fingerprint density at radius 1 is 1.10 bits per heavy atom. The van der Waals surface area contributed by atoms with Crippen molar-refractivity contribution in [2.75, 3.05) is 32.5 Å². The predicted molar refractivity (Wildman–Crippen MR) is 120 cm³/mol. The largest absolute Gasteiger partial charge is 0.357 e. The van der Waals surface area contributed by atoms with Crippen LogP contribution in [0.1, 0.15) is 28.4 Å². The summed E-state index contributed by atoms with van der Waals surface area (Å²) in [7, 11) is 3.44. The molecule has 0 aliphatic rings. The van der Waals surface area contributed by atoms with Crippen LogP contribution >= 0.6 is 0 Å². The third-order valence-corrected chi connectivity index (χ3v) is 4.10. The molecule has 7 heteroatoms. The van der Waals surface area contributed by atoms with Crippen molar-refractivity contribution in [3.63, 3.8) is 0 Å². The normalized spacial score (nSPS) is 10.7. The van der Waals surface area contributed by atoms with Gasteiger partial charge >= 0.3 is 0 Å². The molecule has 2 aromatic carbocycles. The Hall–Kier alpha value is -3.79. The summed E-state index contributed by atoms with van der Waals surface area (Å²) >= 11 is 0. The minimum atomic E-state index is -0.207. The van der Waals surface area contributed by atoms with E-state index in [0.29, 0.717) is 35.9 Å². The van der Waals surface area contributed by atoms with E-state index in [0.717, 1.165) is 5.56 Å². The molecular formula is C23H27N5O2. The second-order valence-electron chi connectivity index (χ2n) is 6.72. The highest BCUT2D eigenvalue weighted by Gasteiger charge is 2.08. The number of aliphatic imine (C=N–C) groups is 1. The van der Waals surface area contributed by atoms with Crippen LogP contribution in [-0.4, -0.2) is 49.9 Å². The topological polar surface area (TPSA) is 85.8 Å². The van der Waals surface area contributed by atoms with Gasteiger partial charge in [0.05, 0.1) is 13.1 Å². The number of nitrogens with one attached hydrogen (secondary N) is 3. The molecule has 0 heterocycles. The second-order valence-corrected chi connectivity index (χ2v) is 6.72. The van der Waals surface area contributed by atoms with E-state index in [-0.39, 0.29) is 18.4 Å². The number of benzene rings is 2. The van der Waals surface area contributed by atoms with E-state index in [1.807, 2.05) is 19.1 Å². The first-order chi connectivity index (χ1) is 14.4. The minimum absolute atomic E-state index is 0.0427. The summed E-state index contributed by atoms with van der Waals surface area (Å²) in [6.45, 7) is 3.08. The van der Waals surface area contributed by atoms with Crippen molar-refractivity contribution in [1.29, 1.82) is 0 Å². The average Bonchev–Trinajstić information content (AvgIpc) is 2.75. The van der Waals surface area contributed by atoms with Crippen LogP contribution in [0.5, 0.6) is 0 Å². The van der Waals surface area contributed by atoms with E-state index < -0.39 is 0 Å². The highest BCUT2D eigenvalue weighted by atomic mass is 16.2.